The molecule has 1 aromatic carbocycles. The molecule has 0 fully saturated rings. The number of pyridine rings is 1. The van der Waals surface area contributed by atoms with E-state index in [0.717, 1.165) is 28.6 Å². The van der Waals surface area contributed by atoms with E-state index in [4.69, 9.17) is 4.98 Å². The molecule has 0 bridgehead atoms. The van der Waals surface area contributed by atoms with E-state index >= 15 is 0 Å². The van der Waals surface area contributed by atoms with Crippen molar-refractivity contribution in [3.05, 3.63) is 110 Å². The van der Waals surface area contributed by atoms with Crippen molar-refractivity contribution in [3.63, 3.8) is 0 Å². The second-order valence-electron chi connectivity index (χ2n) is 11.0. The molecule has 0 saturated heterocycles. The molecule has 0 N–H and O–H groups in total. The van der Waals surface area contributed by atoms with Crippen LogP contribution in [-0.2, 0) is 26.2 Å². The van der Waals surface area contributed by atoms with Crippen LogP contribution in [-0.4, -0.2) is 45.7 Å². The van der Waals surface area contributed by atoms with E-state index < -0.39 is 23.7 Å². The van der Waals surface area contributed by atoms with Crippen molar-refractivity contribution >= 4 is 21.8 Å². The van der Waals surface area contributed by atoms with Gasteiger partial charge in [-0.1, -0.05) is 15.9 Å². The highest BCUT2D eigenvalue weighted by Gasteiger charge is 2.36. The van der Waals surface area contributed by atoms with Crippen molar-refractivity contribution in [2.75, 3.05) is 0 Å². The molecule has 4 aromatic heterocycles. The number of carbonyl (C=O) groups is 1. The summed E-state index contributed by atoms with van der Waals surface area (Å²) in [5, 5.41) is 4.55. The first-order valence-corrected chi connectivity index (χ1v) is 14.6. The molecule has 1 aliphatic heterocycles. The van der Waals surface area contributed by atoms with Crippen LogP contribution in [0.3, 0.4) is 0 Å². The third-order valence-electron chi connectivity index (χ3n) is 7.72. The number of aryl methyl sites for hydroxylation is 3. The largest absolute Gasteiger partial charge is 0.417 e. The number of benzene rings is 1. The highest BCUT2D eigenvalue weighted by molar-refractivity contribution is 9.10. The number of alkyl halides is 3. The van der Waals surface area contributed by atoms with Gasteiger partial charge >= 0.3 is 6.18 Å². The van der Waals surface area contributed by atoms with Gasteiger partial charge in [-0.05, 0) is 69.7 Å². The Bertz CT molecular complexity index is 1980. The van der Waals surface area contributed by atoms with Crippen LogP contribution in [0.25, 0.3) is 22.9 Å². The van der Waals surface area contributed by atoms with E-state index in [9.17, 15) is 22.8 Å². The second kappa shape index (κ2) is 10.9. The average molecular weight is 667 g/mol. The third-order valence-corrected chi connectivity index (χ3v) is 8.41. The zero-order valence-electron chi connectivity index (χ0n) is 24.2. The summed E-state index contributed by atoms with van der Waals surface area (Å²) < 4.78 is 45.4. The lowest BCUT2D eigenvalue weighted by Gasteiger charge is -2.34. The van der Waals surface area contributed by atoms with Crippen molar-refractivity contribution in [2.45, 2.75) is 46.0 Å². The minimum absolute atomic E-state index is 0.0600. The maximum absolute atomic E-state index is 14.2. The summed E-state index contributed by atoms with van der Waals surface area (Å²) in [5.74, 6) is -0.0320. The fourth-order valence-corrected chi connectivity index (χ4v) is 5.97. The van der Waals surface area contributed by atoms with Crippen molar-refractivity contribution < 1.29 is 18.0 Å². The SMILES string of the molecule is Cc1cc(C)n(-c2nc3c(c(=O)n2-c2ccc(-c4ccn(C)c4)cn2)C[C@@H](C)N(C(=O)c2ccc(Br)c(C(F)(F)F)c2)C3)n1. The number of hydrogen-bond donors (Lipinski definition) is 0. The second-order valence-corrected chi connectivity index (χ2v) is 11.8. The predicted octanol–water partition coefficient (Wildman–Crippen LogP) is 5.80. The van der Waals surface area contributed by atoms with E-state index in [-0.39, 0.29) is 34.5 Å². The Morgan fingerprint density at radius 1 is 1.07 bits per heavy atom. The van der Waals surface area contributed by atoms with Gasteiger partial charge in [0, 0.05) is 64.1 Å². The van der Waals surface area contributed by atoms with Gasteiger partial charge < -0.3 is 9.47 Å². The molecular formula is C31H27BrF3N7O2. The summed E-state index contributed by atoms with van der Waals surface area (Å²) in [6, 6.07) is 10.4. The van der Waals surface area contributed by atoms with Gasteiger partial charge in [0.05, 0.1) is 23.5 Å². The fourth-order valence-electron chi connectivity index (χ4n) is 5.50. The Morgan fingerprint density at radius 3 is 2.45 bits per heavy atom. The van der Waals surface area contributed by atoms with E-state index in [1.165, 1.54) is 21.6 Å². The van der Waals surface area contributed by atoms with Crippen molar-refractivity contribution in [3.8, 4) is 22.9 Å². The summed E-state index contributed by atoms with van der Waals surface area (Å²) in [5.41, 5.74) is 2.68. The molecule has 1 atom stereocenters. The molecule has 0 radical (unpaired) electrons. The molecule has 0 spiro atoms. The first-order valence-electron chi connectivity index (χ1n) is 13.8. The van der Waals surface area contributed by atoms with Crippen molar-refractivity contribution in [1.29, 1.82) is 0 Å². The molecule has 9 nitrogen and oxygen atoms in total. The van der Waals surface area contributed by atoms with E-state index in [1.54, 1.807) is 23.9 Å². The topological polar surface area (TPSA) is 90.8 Å². The standard InChI is InChI=1S/C31H27BrF3N7O2/c1-17-11-19(3)42(38-17)30-37-26-16-40(28(43)20-5-7-25(32)24(13-20)31(33,34)35)18(2)12-23(26)29(44)41(30)27-8-6-21(14-36-27)22-9-10-39(4)15-22/h5-11,13-15,18H,12,16H2,1-4H3/t18-/m1/s1. The van der Waals surface area contributed by atoms with Gasteiger partial charge in [-0.2, -0.15) is 18.3 Å². The number of amides is 1. The maximum Gasteiger partial charge on any atom is 0.417 e. The Balaban J connectivity index is 1.44. The predicted molar refractivity (Wildman–Crippen MR) is 161 cm³/mol. The smallest absolute Gasteiger partial charge is 0.357 e. The van der Waals surface area contributed by atoms with Crippen molar-refractivity contribution in [2.24, 2.45) is 7.05 Å². The Labute approximate surface area is 258 Å². The molecular weight excluding hydrogens is 639 g/mol. The Hall–Kier alpha value is -4.52. The molecule has 0 saturated carbocycles. The number of carbonyl (C=O) groups excluding carboxylic acids is 1. The highest BCUT2D eigenvalue weighted by Crippen LogP contribution is 2.36. The van der Waals surface area contributed by atoms with Crippen LogP contribution in [0.2, 0.25) is 0 Å². The quantitative estimate of drug-likeness (QED) is 0.242. The normalized spacial score (nSPS) is 15.0. The van der Waals surface area contributed by atoms with E-state index in [2.05, 4.69) is 26.0 Å². The first-order chi connectivity index (χ1) is 20.8. The molecule has 6 rings (SSSR count). The van der Waals surface area contributed by atoms with Gasteiger partial charge in [0.1, 0.15) is 5.82 Å². The molecule has 13 heteroatoms. The molecule has 1 aliphatic rings. The lowest BCUT2D eigenvalue weighted by molar-refractivity contribution is -0.138. The summed E-state index contributed by atoms with van der Waals surface area (Å²) in [6.45, 7) is 5.36. The molecule has 44 heavy (non-hydrogen) atoms. The average Bonchev–Trinajstić information content (AvgIpc) is 3.56. The van der Waals surface area contributed by atoms with Gasteiger partial charge in [-0.15, -0.1) is 0 Å². The van der Waals surface area contributed by atoms with Crippen LogP contribution in [0, 0.1) is 13.8 Å². The lowest BCUT2D eigenvalue weighted by Crippen LogP contribution is -2.46. The molecule has 226 valence electrons. The number of halogens is 4. The molecule has 0 unspecified atom stereocenters. The van der Waals surface area contributed by atoms with Gasteiger partial charge in [-0.25, -0.2) is 19.2 Å². The number of rotatable bonds is 4. The van der Waals surface area contributed by atoms with Crippen LogP contribution in [0.5, 0.6) is 0 Å². The van der Waals surface area contributed by atoms with Crippen LogP contribution in [0.15, 0.2) is 70.3 Å². The van der Waals surface area contributed by atoms with Crippen molar-refractivity contribution in [1.82, 2.24) is 33.8 Å². The Morgan fingerprint density at radius 2 is 1.84 bits per heavy atom. The monoisotopic (exact) mass is 665 g/mol. The zero-order valence-corrected chi connectivity index (χ0v) is 25.8. The highest BCUT2D eigenvalue weighted by atomic mass is 79.9. The summed E-state index contributed by atoms with van der Waals surface area (Å²) in [4.78, 5) is 38.6. The molecule has 1 amide bonds. The number of aromatic nitrogens is 6. The van der Waals surface area contributed by atoms with Gasteiger partial charge in [0.15, 0.2) is 0 Å². The van der Waals surface area contributed by atoms with Crippen LogP contribution in [0.1, 0.15) is 45.5 Å². The van der Waals surface area contributed by atoms with Gasteiger partial charge in [0.2, 0.25) is 5.95 Å². The van der Waals surface area contributed by atoms with E-state index in [0.29, 0.717) is 17.1 Å². The minimum Gasteiger partial charge on any atom is -0.357 e. The maximum atomic E-state index is 14.2. The summed E-state index contributed by atoms with van der Waals surface area (Å²) >= 11 is 2.93. The molecule has 0 aliphatic carbocycles. The minimum atomic E-state index is -4.64. The summed E-state index contributed by atoms with van der Waals surface area (Å²) in [6.07, 6.45) is 1.12. The molecule has 5 heterocycles. The number of fused-ring (bicyclic) bond motifs is 1. The number of nitrogens with zero attached hydrogens (tertiary/aromatic N) is 7. The van der Waals surface area contributed by atoms with Crippen LogP contribution in [0.4, 0.5) is 13.2 Å². The van der Waals surface area contributed by atoms with Gasteiger partial charge in [-0.3, -0.25) is 9.59 Å². The fraction of sp³-hybridized carbons (Fsp3) is 0.258. The van der Waals surface area contributed by atoms with Crippen LogP contribution < -0.4 is 5.56 Å². The number of hydrogen-bond acceptors (Lipinski definition) is 5. The zero-order chi connectivity index (χ0) is 31.5. The third kappa shape index (κ3) is 5.25. The first kappa shape index (κ1) is 29.5. The van der Waals surface area contributed by atoms with E-state index in [1.807, 2.05) is 56.1 Å². The lowest BCUT2D eigenvalue weighted by atomic mass is 9.98. The van der Waals surface area contributed by atoms with Crippen LogP contribution >= 0.6 is 15.9 Å². The Kier molecular flexibility index (Phi) is 7.31. The van der Waals surface area contributed by atoms with Gasteiger partial charge in [0.25, 0.3) is 11.5 Å². The summed E-state index contributed by atoms with van der Waals surface area (Å²) in [7, 11) is 1.93. The molecule has 5 aromatic rings.